The van der Waals surface area contributed by atoms with Gasteiger partial charge >= 0.3 is 6.03 Å². The van der Waals surface area contributed by atoms with Crippen molar-refractivity contribution in [2.24, 2.45) is 5.92 Å². The highest BCUT2D eigenvalue weighted by molar-refractivity contribution is 5.75. The van der Waals surface area contributed by atoms with Crippen molar-refractivity contribution in [3.05, 3.63) is 34.6 Å². The van der Waals surface area contributed by atoms with E-state index in [1.807, 2.05) is 11.8 Å². The van der Waals surface area contributed by atoms with Crippen LogP contribution in [-0.4, -0.2) is 48.4 Å². The summed E-state index contributed by atoms with van der Waals surface area (Å²) < 4.78 is 13.8. The van der Waals surface area contributed by atoms with Crippen LogP contribution in [0, 0.1) is 25.6 Å². The topological polar surface area (TPSA) is 52.7 Å². The summed E-state index contributed by atoms with van der Waals surface area (Å²) in [7, 11) is 1.76. The lowest BCUT2D eigenvalue weighted by molar-refractivity contribution is -0.127. The van der Waals surface area contributed by atoms with Crippen molar-refractivity contribution >= 4 is 11.9 Å². The fraction of sp³-hybridized carbons (Fsp3) is 0.579. The molecule has 1 saturated heterocycles. The lowest BCUT2D eigenvalue weighted by Gasteiger charge is -2.24. The Balaban J connectivity index is 1.91. The van der Waals surface area contributed by atoms with Crippen molar-refractivity contribution in [1.82, 2.24) is 15.1 Å². The maximum atomic E-state index is 13.8. The fourth-order valence-corrected chi connectivity index (χ4v) is 3.35. The van der Waals surface area contributed by atoms with Crippen molar-refractivity contribution < 1.29 is 14.0 Å². The van der Waals surface area contributed by atoms with E-state index in [1.165, 1.54) is 0 Å². The molecule has 1 aromatic carbocycles. The van der Waals surface area contributed by atoms with Gasteiger partial charge in [0, 0.05) is 33.6 Å². The number of nitrogens with zero attached hydrogens (tertiary/aromatic N) is 2. The number of benzene rings is 1. The van der Waals surface area contributed by atoms with Gasteiger partial charge in [0.1, 0.15) is 5.82 Å². The van der Waals surface area contributed by atoms with Crippen LogP contribution in [0.5, 0.6) is 0 Å². The van der Waals surface area contributed by atoms with E-state index < -0.39 is 0 Å². The summed E-state index contributed by atoms with van der Waals surface area (Å²) >= 11 is 0. The minimum Gasteiger partial charge on any atom is -0.343 e. The van der Waals surface area contributed by atoms with Gasteiger partial charge in [-0.15, -0.1) is 0 Å². The molecule has 1 heterocycles. The molecule has 6 heteroatoms. The number of hydrogen-bond donors (Lipinski definition) is 1. The summed E-state index contributed by atoms with van der Waals surface area (Å²) in [5.74, 6) is 0.200. The Bertz CT molecular complexity index is 639. The van der Waals surface area contributed by atoms with Crippen LogP contribution < -0.4 is 5.32 Å². The molecule has 3 amide bonds. The predicted octanol–water partition coefficient (Wildman–Crippen LogP) is 3.01. The molecule has 0 radical (unpaired) electrons. The minimum absolute atomic E-state index is 0.0882. The lowest BCUT2D eigenvalue weighted by Crippen LogP contribution is -2.41. The van der Waals surface area contributed by atoms with E-state index in [4.69, 9.17) is 0 Å². The highest BCUT2D eigenvalue weighted by atomic mass is 19.1. The predicted molar refractivity (Wildman–Crippen MR) is 95.8 cm³/mol. The summed E-state index contributed by atoms with van der Waals surface area (Å²) in [5, 5.41) is 2.96. The zero-order valence-electron chi connectivity index (χ0n) is 15.7. The van der Waals surface area contributed by atoms with E-state index in [0.29, 0.717) is 30.1 Å². The quantitative estimate of drug-likeness (QED) is 0.908. The van der Waals surface area contributed by atoms with E-state index in [2.05, 4.69) is 5.32 Å². The van der Waals surface area contributed by atoms with Gasteiger partial charge in [0.25, 0.3) is 0 Å². The first-order chi connectivity index (χ1) is 11.7. The molecule has 25 heavy (non-hydrogen) atoms. The second kappa shape index (κ2) is 7.85. The van der Waals surface area contributed by atoms with Gasteiger partial charge in [-0.2, -0.15) is 0 Å². The highest BCUT2D eigenvalue weighted by Crippen LogP contribution is 2.21. The first kappa shape index (κ1) is 19.2. The third-order valence-corrected chi connectivity index (χ3v) is 4.91. The van der Waals surface area contributed by atoms with Crippen LogP contribution >= 0.6 is 0 Å². The average molecular weight is 349 g/mol. The lowest BCUT2D eigenvalue weighted by atomic mass is 10.0. The number of amides is 3. The van der Waals surface area contributed by atoms with Gasteiger partial charge in [-0.1, -0.05) is 12.1 Å². The molecule has 0 aliphatic carbocycles. The van der Waals surface area contributed by atoms with E-state index in [-0.39, 0.29) is 23.8 Å². The van der Waals surface area contributed by atoms with Gasteiger partial charge in [-0.05, 0) is 49.8 Å². The van der Waals surface area contributed by atoms with Gasteiger partial charge in [0.05, 0.1) is 6.04 Å². The number of halogens is 1. The smallest absolute Gasteiger partial charge is 0.317 e. The standard InChI is InChI=1S/C19H28FN3O2/c1-12-8-17(9-13(2)18(12)20)14(3)21-19(25)22(5)10-16-6-7-23(11-16)15(4)24/h8-9,14,16H,6-7,10-11H2,1-5H3,(H,21,25)/t14-,16-/m1/s1. The third kappa shape index (κ3) is 4.71. The molecule has 0 bridgehead atoms. The molecule has 0 unspecified atom stereocenters. The van der Waals surface area contributed by atoms with Crippen molar-refractivity contribution in [2.75, 3.05) is 26.7 Å². The zero-order valence-corrected chi connectivity index (χ0v) is 15.7. The first-order valence-electron chi connectivity index (χ1n) is 8.72. The molecule has 5 nitrogen and oxygen atoms in total. The normalized spacial score (nSPS) is 18.2. The van der Waals surface area contributed by atoms with E-state index in [0.717, 1.165) is 18.5 Å². The van der Waals surface area contributed by atoms with Gasteiger partial charge in [-0.3, -0.25) is 4.79 Å². The largest absolute Gasteiger partial charge is 0.343 e. The Morgan fingerprint density at radius 2 is 1.96 bits per heavy atom. The summed E-state index contributed by atoms with van der Waals surface area (Å²) in [4.78, 5) is 27.3. The molecule has 1 aromatic rings. The van der Waals surface area contributed by atoms with Crippen molar-refractivity contribution in [3.63, 3.8) is 0 Å². The Labute approximate surface area is 149 Å². The highest BCUT2D eigenvalue weighted by Gasteiger charge is 2.26. The van der Waals surface area contributed by atoms with Crippen LogP contribution in [0.15, 0.2) is 12.1 Å². The SMILES string of the molecule is CC(=O)N1CC[C@H](CN(C)C(=O)N[C@H](C)c2cc(C)c(F)c(C)c2)C1. The van der Waals surface area contributed by atoms with Gasteiger partial charge in [0.15, 0.2) is 0 Å². The Morgan fingerprint density at radius 3 is 2.48 bits per heavy atom. The van der Waals surface area contributed by atoms with E-state index in [1.54, 1.807) is 44.9 Å². The molecule has 1 aliphatic rings. The number of carbonyl (C=O) groups is 2. The average Bonchev–Trinajstić information content (AvgIpc) is 3.00. The van der Waals surface area contributed by atoms with Crippen molar-refractivity contribution in [1.29, 1.82) is 0 Å². The van der Waals surface area contributed by atoms with E-state index >= 15 is 0 Å². The minimum atomic E-state index is -0.203. The second-order valence-electron chi connectivity index (χ2n) is 7.14. The first-order valence-corrected chi connectivity index (χ1v) is 8.72. The van der Waals surface area contributed by atoms with Crippen molar-refractivity contribution in [2.45, 2.75) is 40.2 Å². The molecular weight excluding hydrogens is 321 g/mol. The van der Waals surface area contributed by atoms with Crippen LogP contribution in [0.1, 0.15) is 43.0 Å². The molecule has 2 atom stereocenters. The van der Waals surface area contributed by atoms with Gasteiger partial charge in [-0.25, -0.2) is 9.18 Å². The zero-order chi connectivity index (χ0) is 18.7. The maximum absolute atomic E-state index is 13.8. The number of rotatable bonds is 4. The number of likely N-dealkylation sites (tertiary alicyclic amines) is 1. The molecule has 0 saturated carbocycles. The number of hydrogen-bond acceptors (Lipinski definition) is 2. The number of carbonyl (C=O) groups excluding carboxylic acids is 2. The van der Waals surface area contributed by atoms with Crippen LogP contribution in [0.4, 0.5) is 9.18 Å². The third-order valence-electron chi connectivity index (χ3n) is 4.91. The molecule has 138 valence electrons. The van der Waals surface area contributed by atoms with Crippen LogP contribution in [0.3, 0.4) is 0 Å². The van der Waals surface area contributed by atoms with Crippen LogP contribution in [0.25, 0.3) is 0 Å². The van der Waals surface area contributed by atoms with Crippen LogP contribution in [-0.2, 0) is 4.79 Å². The van der Waals surface area contributed by atoms with E-state index in [9.17, 15) is 14.0 Å². The molecule has 1 fully saturated rings. The molecule has 0 spiro atoms. The Hall–Kier alpha value is -2.11. The van der Waals surface area contributed by atoms with Gasteiger partial charge < -0.3 is 15.1 Å². The summed E-state index contributed by atoms with van der Waals surface area (Å²) in [6.07, 6.45) is 0.920. The summed E-state index contributed by atoms with van der Waals surface area (Å²) in [6, 6.07) is 3.18. The Morgan fingerprint density at radius 1 is 1.36 bits per heavy atom. The monoisotopic (exact) mass is 349 g/mol. The summed E-state index contributed by atoms with van der Waals surface area (Å²) in [6.45, 7) is 9.02. The molecule has 0 aromatic heterocycles. The van der Waals surface area contributed by atoms with Crippen LogP contribution in [0.2, 0.25) is 0 Å². The Kier molecular flexibility index (Phi) is 6.03. The molecule has 1 aliphatic heterocycles. The number of aryl methyl sites for hydroxylation is 2. The second-order valence-corrected chi connectivity index (χ2v) is 7.14. The van der Waals surface area contributed by atoms with Crippen molar-refractivity contribution in [3.8, 4) is 0 Å². The number of urea groups is 1. The van der Waals surface area contributed by atoms with Gasteiger partial charge in [0.2, 0.25) is 5.91 Å². The maximum Gasteiger partial charge on any atom is 0.317 e. The molecular formula is C19H28FN3O2. The fourth-order valence-electron chi connectivity index (χ4n) is 3.35. The molecule has 2 rings (SSSR count). The molecule has 1 N–H and O–H groups in total. The number of nitrogens with one attached hydrogen (secondary N) is 1. The summed E-state index contributed by atoms with van der Waals surface area (Å²) in [5.41, 5.74) is 2.06.